The van der Waals surface area contributed by atoms with E-state index in [1.807, 2.05) is 25.1 Å². The number of carbonyl (C=O) groups excluding carboxylic acids is 1. The summed E-state index contributed by atoms with van der Waals surface area (Å²) in [5.41, 5.74) is 1.68. The van der Waals surface area contributed by atoms with Crippen molar-refractivity contribution in [1.82, 2.24) is 5.01 Å². The van der Waals surface area contributed by atoms with Crippen LogP contribution >= 0.6 is 0 Å². The van der Waals surface area contributed by atoms with E-state index in [4.69, 9.17) is 5.84 Å². The molecule has 1 rings (SSSR count). The first kappa shape index (κ1) is 8.74. The molecule has 0 bridgehead atoms. The third kappa shape index (κ3) is 1.83. The third-order valence-electron chi connectivity index (χ3n) is 1.59. The van der Waals surface area contributed by atoms with Gasteiger partial charge in [0.2, 0.25) is 0 Å². The Hall–Kier alpha value is -1.35. The molecule has 0 atom stereocenters. The molecule has 0 aliphatic carbocycles. The van der Waals surface area contributed by atoms with Crippen LogP contribution in [0, 0.1) is 6.92 Å². The van der Waals surface area contributed by atoms with Gasteiger partial charge in [0.15, 0.2) is 0 Å². The van der Waals surface area contributed by atoms with Gasteiger partial charge in [0.05, 0.1) is 0 Å². The monoisotopic (exact) mass is 164 g/mol. The van der Waals surface area contributed by atoms with Crippen molar-refractivity contribution in [2.45, 2.75) is 6.92 Å². The van der Waals surface area contributed by atoms with Crippen molar-refractivity contribution < 1.29 is 4.79 Å². The molecule has 1 amide bonds. The quantitative estimate of drug-likeness (QED) is 0.381. The maximum atomic E-state index is 11.3. The maximum absolute atomic E-state index is 11.3. The normalized spacial score (nSPS) is 9.58. The number of hydrazine groups is 1. The van der Waals surface area contributed by atoms with Crippen LogP contribution in [0.2, 0.25) is 0 Å². The molecule has 1 aromatic carbocycles. The zero-order valence-electron chi connectivity index (χ0n) is 7.24. The van der Waals surface area contributed by atoms with Crippen molar-refractivity contribution in [3.8, 4) is 0 Å². The van der Waals surface area contributed by atoms with Crippen LogP contribution in [-0.4, -0.2) is 18.0 Å². The zero-order chi connectivity index (χ0) is 9.14. The van der Waals surface area contributed by atoms with E-state index in [1.54, 1.807) is 6.07 Å². The molecule has 0 heterocycles. The first-order valence-corrected chi connectivity index (χ1v) is 3.70. The van der Waals surface area contributed by atoms with Gasteiger partial charge in [-0.25, -0.2) is 5.84 Å². The van der Waals surface area contributed by atoms with Crippen LogP contribution in [0.15, 0.2) is 24.3 Å². The van der Waals surface area contributed by atoms with E-state index >= 15 is 0 Å². The topological polar surface area (TPSA) is 46.3 Å². The van der Waals surface area contributed by atoms with Gasteiger partial charge in [-0.3, -0.25) is 9.80 Å². The zero-order valence-corrected chi connectivity index (χ0v) is 7.24. The van der Waals surface area contributed by atoms with Crippen molar-refractivity contribution in [1.29, 1.82) is 0 Å². The highest BCUT2D eigenvalue weighted by atomic mass is 16.2. The molecule has 0 aromatic heterocycles. The molecule has 0 aliphatic heterocycles. The average Bonchev–Trinajstić information content (AvgIpc) is 2.03. The van der Waals surface area contributed by atoms with Gasteiger partial charge < -0.3 is 0 Å². The molecule has 0 saturated carbocycles. The van der Waals surface area contributed by atoms with E-state index in [0.29, 0.717) is 5.56 Å². The van der Waals surface area contributed by atoms with Crippen LogP contribution in [0.3, 0.4) is 0 Å². The Morgan fingerprint density at radius 2 is 2.17 bits per heavy atom. The lowest BCUT2D eigenvalue weighted by molar-refractivity contribution is 0.0795. The van der Waals surface area contributed by atoms with Crippen LogP contribution in [0.4, 0.5) is 0 Å². The summed E-state index contributed by atoms with van der Waals surface area (Å²) in [6.07, 6.45) is 0. The van der Waals surface area contributed by atoms with Gasteiger partial charge in [0, 0.05) is 12.6 Å². The Bertz CT molecular complexity index is 294. The summed E-state index contributed by atoms with van der Waals surface area (Å²) in [6.45, 7) is 1.94. The Balaban J connectivity index is 2.96. The van der Waals surface area contributed by atoms with Gasteiger partial charge in [0.25, 0.3) is 5.91 Å². The SMILES string of the molecule is Cc1cccc(C(=O)N(C)N)c1. The molecule has 0 spiro atoms. The van der Waals surface area contributed by atoms with Crippen LogP contribution < -0.4 is 5.84 Å². The lowest BCUT2D eigenvalue weighted by atomic mass is 10.1. The largest absolute Gasteiger partial charge is 0.280 e. The molecule has 0 fully saturated rings. The predicted octanol–water partition coefficient (Wildman–Crippen LogP) is 0.941. The van der Waals surface area contributed by atoms with E-state index < -0.39 is 0 Å². The molecule has 0 radical (unpaired) electrons. The van der Waals surface area contributed by atoms with E-state index in [1.165, 1.54) is 7.05 Å². The molecule has 3 heteroatoms. The number of aryl methyl sites for hydroxylation is 1. The van der Waals surface area contributed by atoms with E-state index in [2.05, 4.69) is 0 Å². The lowest BCUT2D eigenvalue weighted by Gasteiger charge is -2.09. The lowest BCUT2D eigenvalue weighted by Crippen LogP contribution is -2.33. The fourth-order valence-electron chi connectivity index (χ4n) is 0.982. The van der Waals surface area contributed by atoms with E-state index in [9.17, 15) is 4.79 Å². The highest BCUT2D eigenvalue weighted by molar-refractivity contribution is 5.93. The number of nitrogens with zero attached hydrogens (tertiary/aromatic N) is 1. The van der Waals surface area contributed by atoms with Gasteiger partial charge >= 0.3 is 0 Å². The van der Waals surface area contributed by atoms with Crippen LogP contribution in [0.25, 0.3) is 0 Å². The molecule has 2 N–H and O–H groups in total. The summed E-state index contributed by atoms with van der Waals surface area (Å²) in [5, 5.41) is 1.08. The molecule has 3 nitrogen and oxygen atoms in total. The predicted molar refractivity (Wildman–Crippen MR) is 47.5 cm³/mol. The molecule has 1 aromatic rings. The minimum Gasteiger partial charge on any atom is -0.280 e. The van der Waals surface area contributed by atoms with E-state index in [0.717, 1.165) is 10.6 Å². The van der Waals surface area contributed by atoms with Gasteiger partial charge in [0.1, 0.15) is 0 Å². The van der Waals surface area contributed by atoms with Gasteiger partial charge in [-0.15, -0.1) is 0 Å². The Labute approximate surface area is 71.8 Å². The third-order valence-corrected chi connectivity index (χ3v) is 1.59. The number of benzene rings is 1. The van der Waals surface area contributed by atoms with Crippen molar-refractivity contribution in [2.75, 3.05) is 7.05 Å². The number of amides is 1. The molecular weight excluding hydrogens is 152 g/mol. The molecule has 12 heavy (non-hydrogen) atoms. The van der Waals surface area contributed by atoms with E-state index in [-0.39, 0.29) is 5.91 Å². The highest BCUT2D eigenvalue weighted by Crippen LogP contribution is 2.04. The number of rotatable bonds is 1. The molecule has 0 aliphatic rings. The van der Waals surface area contributed by atoms with Crippen LogP contribution in [-0.2, 0) is 0 Å². The molecular formula is C9H12N2O. The second-order valence-corrected chi connectivity index (χ2v) is 2.79. The van der Waals surface area contributed by atoms with Crippen molar-refractivity contribution in [3.05, 3.63) is 35.4 Å². The Morgan fingerprint density at radius 1 is 1.50 bits per heavy atom. The van der Waals surface area contributed by atoms with Gasteiger partial charge in [-0.05, 0) is 19.1 Å². The minimum absolute atomic E-state index is 0.168. The summed E-state index contributed by atoms with van der Waals surface area (Å²) in [4.78, 5) is 11.3. The van der Waals surface area contributed by atoms with Gasteiger partial charge in [-0.2, -0.15) is 0 Å². The standard InChI is InChI=1S/C9H12N2O/c1-7-4-3-5-8(6-7)9(12)11(2)10/h3-6H,10H2,1-2H3. The summed E-state index contributed by atoms with van der Waals surface area (Å²) in [5.74, 6) is 5.13. The average molecular weight is 164 g/mol. The Morgan fingerprint density at radius 3 is 2.67 bits per heavy atom. The van der Waals surface area contributed by atoms with Gasteiger partial charge in [-0.1, -0.05) is 17.7 Å². The molecule has 64 valence electrons. The summed E-state index contributed by atoms with van der Waals surface area (Å²) < 4.78 is 0. The highest BCUT2D eigenvalue weighted by Gasteiger charge is 2.06. The first-order chi connectivity index (χ1) is 5.61. The van der Waals surface area contributed by atoms with Crippen LogP contribution in [0.5, 0.6) is 0 Å². The minimum atomic E-state index is -0.168. The smallest absolute Gasteiger partial charge is 0.267 e. The number of nitrogens with two attached hydrogens (primary N) is 1. The summed E-state index contributed by atoms with van der Waals surface area (Å²) in [7, 11) is 1.53. The Kier molecular flexibility index (Phi) is 2.45. The molecule has 0 unspecified atom stereocenters. The first-order valence-electron chi connectivity index (χ1n) is 3.70. The number of carbonyl (C=O) groups is 1. The number of hydrogen-bond acceptors (Lipinski definition) is 2. The molecule has 0 saturated heterocycles. The van der Waals surface area contributed by atoms with Crippen LogP contribution in [0.1, 0.15) is 15.9 Å². The second kappa shape index (κ2) is 3.36. The van der Waals surface area contributed by atoms with Crippen molar-refractivity contribution in [3.63, 3.8) is 0 Å². The summed E-state index contributed by atoms with van der Waals surface area (Å²) in [6, 6.07) is 7.34. The number of hydrogen-bond donors (Lipinski definition) is 1. The maximum Gasteiger partial charge on any atom is 0.267 e. The fraction of sp³-hybridized carbons (Fsp3) is 0.222. The fourth-order valence-corrected chi connectivity index (χ4v) is 0.982. The van der Waals surface area contributed by atoms with Crippen molar-refractivity contribution >= 4 is 5.91 Å². The van der Waals surface area contributed by atoms with Crippen molar-refractivity contribution in [2.24, 2.45) is 5.84 Å². The second-order valence-electron chi connectivity index (χ2n) is 2.79. The summed E-state index contributed by atoms with van der Waals surface area (Å²) >= 11 is 0.